The monoisotopic (exact) mass is 265 g/mol. The molecule has 18 heavy (non-hydrogen) atoms. The lowest BCUT2D eigenvalue weighted by Gasteiger charge is -2.18. The molecule has 0 amide bonds. The topological polar surface area (TPSA) is 70.6 Å². The maximum Gasteiger partial charge on any atom is 0.185 e. The molecule has 8 heteroatoms. The first kappa shape index (κ1) is 14.1. The van der Waals surface area contributed by atoms with Gasteiger partial charge in [0.05, 0.1) is 6.04 Å². The van der Waals surface area contributed by atoms with Crippen molar-refractivity contribution in [3.63, 3.8) is 0 Å². The van der Waals surface area contributed by atoms with Gasteiger partial charge in [0, 0.05) is 6.07 Å². The number of halogens is 4. The molecule has 0 bridgehead atoms. The molecule has 0 fully saturated rings. The van der Waals surface area contributed by atoms with Gasteiger partial charge in [-0.05, 0) is 6.42 Å². The van der Waals surface area contributed by atoms with Crippen molar-refractivity contribution in [2.75, 3.05) is 5.32 Å². The SMILES string of the molecule is CCC(Nc1c(F)c(F)cc(F)c1F)/C(N)=N/O. The maximum atomic E-state index is 13.3. The van der Waals surface area contributed by atoms with Crippen LogP contribution in [0.25, 0.3) is 0 Å². The molecule has 0 spiro atoms. The summed E-state index contributed by atoms with van der Waals surface area (Å²) in [6.07, 6.45) is 0.187. The third-order valence-corrected chi connectivity index (χ3v) is 2.31. The van der Waals surface area contributed by atoms with E-state index in [4.69, 9.17) is 10.9 Å². The van der Waals surface area contributed by atoms with E-state index in [9.17, 15) is 17.6 Å². The van der Waals surface area contributed by atoms with E-state index in [0.717, 1.165) is 0 Å². The van der Waals surface area contributed by atoms with Gasteiger partial charge in [-0.2, -0.15) is 0 Å². The fraction of sp³-hybridized carbons (Fsp3) is 0.300. The Morgan fingerprint density at radius 1 is 1.33 bits per heavy atom. The van der Waals surface area contributed by atoms with Crippen LogP contribution in [0.4, 0.5) is 23.2 Å². The predicted molar refractivity (Wildman–Crippen MR) is 57.4 cm³/mol. The van der Waals surface area contributed by atoms with Crippen LogP contribution in [0, 0.1) is 23.3 Å². The molecular formula is C10H11F4N3O. The number of anilines is 1. The summed E-state index contributed by atoms with van der Waals surface area (Å²) in [7, 11) is 0. The molecular weight excluding hydrogens is 254 g/mol. The maximum absolute atomic E-state index is 13.3. The fourth-order valence-corrected chi connectivity index (χ4v) is 1.33. The Hall–Kier alpha value is -1.99. The molecule has 0 heterocycles. The average molecular weight is 265 g/mol. The number of rotatable bonds is 4. The molecule has 1 unspecified atom stereocenters. The van der Waals surface area contributed by atoms with Crippen LogP contribution in [0.15, 0.2) is 11.2 Å². The van der Waals surface area contributed by atoms with Crippen LogP contribution in [0.5, 0.6) is 0 Å². The highest BCUT2D eigenvalue weighted by atomic mass is 19.2. The summed E-state index contributed by atoms with van der Waals surface area (Å²) in [4.78, 5) is 0. The molecule has 4 nitrogen and oxygen atoms in total. The molecule has 1 atom stereocenters. The van der Waals surface area contributed by atoms with E-state index in [0.29, 0.717) is 0 Å². The normalized spacial score (nSPS) is 13.5. The molecule has 0 saturated heterocycles. The van der Waals surface area contributed by atoms with Crippen LogP contribution >= 0.6 is 0 Å². The number of amidine groups is 1. The summed E-state index contributed by atoms with van der Waals surface area (Å²) in [6, 6.07) is -0.861. The molecule has 0 saturated carbocycles. The second-order valence-electron chi connectivity index (χ2n) is 3.47. The van der Waals surface area contributed by atoms with E-state index in [1.54, 1.807) is 6.92 Å². The third-order valence-electron chi connectivity index (χ3n) is 2.31. The Morgan fingerprint density at radius 2 is 1.83 bits per heavy atom. The van der Waals surface area contributed by atoms with Gasteiger partial charge in [0.15, 0.2) is 29.1 Å². The summed E-state index contributed by atoms with van der Waals surface area (Å²) in [5.74, 6) is -6.58. The standard InChI is InChI=1S/C10H11F4N3O/c1-2-6(10(15)17-18)16-9-7(13)4(11)3-5(12)8(9)14/h3,6,16,18H,2H2,1H3,(H2,15,17). The zero-order chi connectivity index (χ0) is 13.9. The van der Waals surface area contributed by atoms with Crippen molar-refractivity contribution in [3.8, 4) is 0 Å². The van der Waals surface area contributed by atoms with Gasteiger partial charge in [0.2, 0.25) is 0 Å². The highest BCUT2D eigenvalue weighted by molar-refractivity contribution is 5.87. The van der Waals surface area contributed by atoms with Crippen molar-refractivity contribution in [3.05, 3.63) is 29.3 Å². The number of hydrogen-bond acceptors (Lipinski definition) is 3. The molecule has 0 aliphatic heterocycles. The van der Waals surface area contributed by atoms with Gasteiger partial charge in [-0.1, -0.05) is 12.1 Å². The molecule has 0 radical (unpaired) electrons. The fourth-order valence-electron chi connectivity index (χ4n) is 1.33. The van der Waals surface area contributed by atoms with E-state index in [1.807, 2.05) is 0 Å². The minimum Gasteiger partial charge on any atom is -0.409 e. The number of nitrogens with two attached hydrogens (primary N) is 1. The molecule has 1 aromatic rings. The van der Waals surface area contributed by atoms with E-state index in [2.05, 4.69) is 10.5 Å². The van der Waals surface area contributed by atoms with E-state index in [-0.39, 0.29) is 18.3 Å². The van der Waals surface area contributed by atoms with E-state index < -0.39 is 35.0 Å². The van der Waals surface area contributed by atoms with Crippen molar-refractivity contribution in [1.82, 2.24) is 0 Å². The molecule has 0 aliphatic carbocycles. The Balaban J connectivity index is 3.18. The van der Waals surface area contributed by atoms with Gasteiger partial charge in [-0.15, -0.1) is 0 Å². The van der Waals surface area contributed by atoms with Crippen LogP contribution in [0.3, 0.4) is 0 Å². The van der Waals surface area contributed by atoms with Gasteiger partial charge in [0.1, 0.15) is 5.69 Å². The summed E-state index contributed by atoms with van der Waals surface area (Å²) in [5.41, 5.74) is 4.26. The first-order valence-electron chi connectivity index (χ1n) is 4.99. The highest BCUT2D eigenvalue weighted by Gasteiger charge is 2.22. The van der Waals surface area contributed by atoms with Crippen LogP contribution < -0.4 is 11.1 Å². The molecule has 0 aliphatic rings. The molecule has 1 aromatic carbocycles. The lowest BCUT2D eigenvalue weighted by Crippen LogP contribution is -2.35. The van der Waals surface area contributed by atoms with Crippen molar-refractivity contribution in [1.29, 1.82) is 0 Å². The highest BCUT2D eigenvalue weighted by Crippen LogP contribution is 2.25. The number of benzene rings is 1. The van der Waals surface area contributed by atoms with Crippen LogP contribution in [0.2, 0.25) is 0 Å². The first-order chi connectivity index (χ1) is 8.42. The Bertz CT molecular complexity index is 452. The lowest BCUT2D eigenvalue weighted by atomic mass is 10.1. The summed E-state index contributed by atoms with van der Waals surface area (Å²) < 4.78 is 52.5. The van der Waals surface area contributed by atoms with Crippen molar-refractivity contribution >= 4 is 11.5 Å². The average Bonchev–Trinajstić information content (AvgIpc) is 2.36. The van der Waals surface area contributed by atoms with Crippen LogP contribution in [-0.2, 0) is 0 Å². The lowest BCUT2D eigenvalue weighted by molar-refractivity contribution is 0.316. The number of nitrogens with zero attached hydrogens (tertiary/aromatic N) is 1. The molecule has 0 aromatic heterocycles. The van der Waals surface area contributed by atoms with Crippen LogP contribution in [0.1, 0.15) is 13.3 Å². The van der Waals surface area contributed by atoms with Gasteiger partial charge < -0.3 is 16.3 Å². The Morgan fingerprint density at radius 3 is 2.22 bits per heavy atom. The number of nitrogens with one attached hydrogen (secondary N) is 1. The predicted octanol–water partition coefficient (Wildman–Crippen LogP) is 2.18. The smallest absolute Gasteiger partial charge is 0.185 e. The van der Waals surface area contributed by atoms with Crippen molar-refractivity contribution in [2.45, 2.75) is 19.4 Å². The Labute approximate surface area is 100 Å². The molecule has 4 N–H and O–H groups in total. The number of hydrogen-bond donors (Lipinski definition) is 3. The van der Waals surface area contributed by atoms with E-state index >= 15 is 0 Å². The second kappa shape index (κ2) is 5.56. The zero-order valence-electron chi connectivity index (χ0n) is 9.35. The van der Waals surface area contributed by atoms with Crippen LogP contribution in [-0.4, -0.2) is 17.1 Å². The minimum absolute atomic E-state index is 0.0975. The first-order valence-corrected chi connectivity index (χ1v) is 4.99. The quantitative estimate of drug-likeness (QED) is 0.195. The van der Waals surface area contributed by atoms with Gasteiger partial charge in [-0.3, -0.25) is 0 Å². The minimum atomic E-state index is -1.57. The zero-order valence-corrected chi connectivity index (χ0v) is 9.35. The third kappa shape index (κ3) is 2.63. The summed E-state index contributed by atoms with van der Waals surface area (Å²) in [5, 5.41) is 13.3. The number of oxime groups is 1. The van der Waals surface area contributed by atoms with Crippen molar-refractivity contribution < 1.29 is 22.8 Å². The molecule has 1 rings (SSSR count). The van der Waals surface area contributed by atoms with E-state index in [1.165, 1.54) is 0 Å². The van der Waals surface area contributed by atoms with Gasteiger partial charge in [0.25, 0.3) is 0 Å². The van der Waals surface area contributed by atoms with Crippen molar-refractivity contribution in [2.24, 2.45) is 10.9 Å². The summed E-state index contributed by atoms with van der Waals surface area (Å²) in [6.45, 7) is 1.57. The van der Waals surface area contributed by atoms with Gasteiger partial charge in [-0.25, -0.2) is 17.6 Å². The Kier molecular flexibility index (Phi) is 4.35. The largest absolute Gasteiger partial charge is 0.409 e. The molecule has 100 valence electrons. The van der Waals surface area contributed by atoms with Gasteiger partial charge >= 0.3 is 0 Å². The summed E-state index contributed by atoms with van der Waals surface area (Å²) >= 11 is 0. The second-order valence-corrected chi connectivity index (χ2v) is 3.47.